The lowest BCUT2D eigenvalue weighted by molar-refractivity contribution is -0.122. The Labute approximate surface area is 102 Å². The van der Waals surface area contributed by atoms with Crippen LogP contribution >= 0.6 is 0 Å². The molecule has 2 nitrogen and oxygen atoms in total. The third-order valence-electron chi connectivity index (χ3n) is 2.39. The lowest BCUT2D eigenvalue weighted by atomic mass is 10.0. The molecule has 17 heavy (non-hydrogen) atoms. The topological polar surface area (TPSA) is 37.3 Å². The van der Waals surface area contributed by atoms with Crippen molar-refractivity contribution in [1.82, 2.24) is 0 Å². The summed E-state index contributed by atoms with van der Waals surface area (Å²) >= 11 is 0. The van der Waals surface area contributed by atoms with Crippen molar-refractivity contribution >= 4 is 6.47 Å². The fraction of sp³-hybridized carbons (Fsp3) is 0.133. The van der Waals surface area contributed by atoms with Crippen LogP contribution in [0.5, 0.6) is 0 Å². The first kappa shape index (κ1) is 13.0. The van der Waals surface area contributed by atoms with Gasteiger partial charge in [0.2, 0.25) is 0 Å². The molecule has 1 N–H and O–H groups in total. The van der Waals surface area contributed by atoms with Crippen LogP contribution in [0.2, 0.25) is 0 Å². The van der Waals surface area contributed by atoms with Gasteiger partial charge in [-0.3, -0.25) is 4.79 Å². The van der Waals surface area contributed by atoms with Crippen LogP contribution in [0.3, 0.4) is 0 Å². The zero-order valence-corrected chi connectivity index (χ0v) is 9.62. The monoisotopic (exact) mass is 228 g/mol. The Bertz CT molecular complexity index is 370. The second-order valence-corrected chi connectivity index (χ2v) is 3.58. The van der Waals surface area contributed by atoms with Gasteiger partial charge in [0.25, 0.3) is 6.47 Å². The summed E-state index contributed by atoms with van der Waals surface area (Å²) in [6.45, 7) is -0.250. The maximum Gasteiger partial charge on any atom is 0.290 e. The molecule has 0 unspecified atom stereocenters. The smallest absolute Gasteiger partial charge is 0.290 e. The minimum atomic E-state index is -0.250. The highest BCUT2D eigenvalue weighted by molar-refractivity contribution is 5.32. The van der Waals surface area contributed by atoms with Gasteiger partial charge in [0.15, 0.2) is 0 Å². The van der Waals surface area contributed by atoms with Crippen LogP contribution in [0, 0.1) is 0 Å². The van der Waals surface area contributed by atoms with E-state index in [0.717, 1.165) is 12.8 Å². The number of carbonyl (C=O) groups is 1. The summed E-state index contributed by atoms with van der Waals surface area (Å²) in [4.78, 5) is 8.36. The van der Waals surface area contributed by atoms with Crippen molar-refractivity contribution in [2.24, 2.45) is 0 Å². The molecule has 0 radical (unpaired) electrons. The number of carboxylic acid groups (broad SMARTS) is 1. The normalized spacial score (nSPS) is 8.94. The molecule has 0 atom stereocenters. The largest absolute Gasteiger partial charge is 0.483 e. The van der Waals surface area contributed by atoms with Crippen molar-refractivity contribution in [3.63, 3.8) is 0 Å². The van der Waals surface area contributed by atoms with Gasteiger partial charge in [-0.25, -0.2) is 0 Å². The van der Waals surface area contributed by atoms with E-state index in [4.69, 9.17) is 9.90 Å². The summed E-state index contributed by atoms with van der Waals surface area (Å²) in [6, 6.07) is 21.2. The first-order valence-electron chi connectivity index (χ1n) is 5.52. The van der Waals surface area contributed by atoms with Crippen molar-refractivity contribution in [2.45, 2.75) is 12.8 Å². The minimum Gasteiger partial charge on any atom is -0.483 e. The molecule has 0 saturated carbocycles. The zero-order valence-electron chi connectivity index (χ0n) is 9.62. The van der Waals surface area contributed by atoms with E-state index >= 15 is 0 Å². The van der Waals surface area contributed by atoms with Crippen molar-refractivity contribution in [3.05, 3.63) is 71.8 Å². The molecule has 0 bridgehead atoms. The van der Waals surface area contributed by atoms with Crippen LogP contribution in [-0.2, 0) is 17.6 Å². The SMILES string of the molecule is O=CO.c1ccc(CCc2ccccc2)cc1. The van der Waals surface area contributed by atoms with Crippen LogP contribution in [0.4, 0.5) is 0 Å². The highest BCUT2D eigenvalue weighted by Crippen LogP contribution is 2.06. The van der Waals surface area contributed by atoms with E-state index < -0.39 is 0 Å². The van der Waals surface area contributed by atoms with E-state index in [1.807, 2.05) is 0 Å². The number of hydrogen-bond donors (Lipinski definition) is 1. The highest BCUT2D eigenvalue weighted by Gasteiger charge is 1.93. The molecule has 0 aliphatic rings. The molecule has 2 heteroatoms. The number of benzene rings is 2. The Morgan fingerprint density at radius 1 is 0.765 bits per heavy atom. The highest BCUT2D eigenvalue weighted by atomic mass is 16.3. The van der Waals surface area contributed by atoms with Crippen LogP contribution in [0.15, 0.2) is 60.7 Å². The molecule has 0 aliphatic heterocycles. The Morgan fingerprint density at radius 3 is 1.35 bits per heavy atom. The second kappa shape index (κ2) is 8.11. The van der Waals surface area contributed by atoms with E-state index in [1.165, 1.54) is 11.1 Å². The molecule has 0 heterocycles. The number of hydrogen-bond acceptors (Lipinski definition) is 1. The first-order chi connectivity index (χ1) is 8.36. The van der Waals surface area contributed by atoms with Crippen LogP contribution in [0.1, 0.15) is 11.1 Å². The Morgan fingerprint density at radius 2 is 1.06 bits per heavy atom. The Kier molecular flexibility index (Phi) is 6.19. The van der Waals surface area contributed by atoms with E-state index in [-0.39, 0.29) is 6.47 Å². The van der Waals surface area contributed by atoms with E-state index in [9.17, 15) is 0 Å². The van der Waals surface area contributed by atoms with Gasteiger partial charge in [0, 0.05) is 0 Å². The van der Waals surface area contributed by atoms with Gasteiger partial charge in [0.05, 0.1) is 0 Å². The summed E-state index contributed by atoms with van der Waals surface area (Å²) in [7, 11) is 0. The molecule has 0 saturated heterocycles. The predicted molar refractivity (Wildman–Crippen MR) is 69.0 cm³/mol. The van der Waals surface area contributed by atoms with Gasteiger partial charge in [-0.15, -0.1) is 0 Å². The lowest BCUT2D eigenvalue weighted by Crippen LogP contribution is -1.89. The third kappa shape index (κ3) is 5.52. The summed E-state index contributed by atoms with van der Waals surface area (Å²) in [5.41, 5.74) is 2.83. The second-order valence-electron chi connectivity index (χ2n) is 3.58. The van der Waals surface area contributed by atoms with Gasteiger partial charge in [-0.2, -0.15) is 0 Å². The Hall–Kier alpha value is -2.09. The van der Waals surface area contributed by atoms with Crippen molar-refractivity contribution in [1.29, 1.82) is 0 Å². The number of rotatable bonds is 3. The molecule has 2 aromatic rings. The van der Waals surface area contributed by atoms with Gasteiger partial charge in [0.1, 0.15) is 0 Å². The average Bonchev–Trinajstić information content (AvgIpc) is 2.40. The fourth-order valence-corrected chi connectivity index (χ4v) is 1.58. The molecular formula is C15H16O2. The van der Waals surface area contributed by atoms with E-state index in [2.05, 4.69) is 60.7 Å². The summed E-state index contributed by atoms with van der Waals surface area (Å²) in [5, 5.41) is 6.89. The third-order valence-corrected chi connectivity index (χ3v) is 2.39. The molecule has 0 fully saturated rings. The maximum absolute atomic E-state index is 8.36. The average molecular weight is 228 g/mol. The van der Waals surface area contributed by atoms with Gasteiger partial charge in [-0.05, 0) is 24.0 Å². The van der Waals surface area contributed by atoms with Crippen molar-refractivity contribution in [2.75, 3.05) is 0 Å². The standard InChI is InChI=1S/C14H14.CH2O2/c1-3-7-13(8-4-1)11-12-14-9-5-2-6-10-14;2-1-3/h1-10H,11-12H2;1H,(H,2,3). The van der Waals surface area contributed by atoms with E-state index in [0.29, 0.717) is 0 Å². The summed E-state index contributed by atoms with van der Waals surface area (Å²) in [6.07, 6.45) is 2.26. The molecular weight excluding hydrogens is 212 g/mol. The number of aryl methyl sites for hydroxylation is 2. The molecule has 0 spiro atoms. The quantitative estimate of drug-likeness (QED) is 0.819. The molecule has 0 aliphatic carbocycles. The molecule has 0 aromatic heterocycles. The molecule has 0 amide bonds. The Balaban J connectivity index is 0.000000437. The minimum absolute atomic E-state index is 0.250. The van der Waals surface area contributed by atoms with E-state index in [1.54, 1.807) is 0 Å². The van der Waals surface area contributed by atoms with Crippen molar-refractivity contribution in [3.8, 4) is 0 Å². The first-order valence-corrected chi connectivity index (χ1v) is 5.52. The van der Waals surface area contributed by atoms with Crippen LogP contribution in [-0.4, -0.2) is 11.6 Å². The van der Waals surface area contributed by atoms with Gasteiger partial charge < -0.3 is 5.11 Å². The van der Waals surface area contributed by atoms with Crippen LogP contribution < -0.4 is 0 Å². The molecule has 2 rings (SSSR count). The van der Waals surface area contributed by atoms with Gasteiger partial charge >= 0.3 is 0 Å². The predicted octanol–water partition coefficient (Wildman–Crippen LogP) is 3.17. The zero-order chi connectivity index (χ0) is 12.3. The van der Waals surface area contributed by atoms with Gasteiger partial charge in [-0.1, -0.05) is 60.7 Å². The maximum atomic E-state index is 8.36. The molecule has 88 valence electrons. The van der Waals surface area contributed by atoms with Crippen molar-refractivity contribution < 1.29 is 9.90 Å². The summed E-state index contributed by atoms with van der Waals surface area (Å²) < 4.78 is 0. The lowest BCUT2D eigenvalue weighted by Gasteiger charge is -2.01. The van der Waals surface area contributed by atoms with Crippen LogP contribution in [0.25, 0.3) is 0 Å². The summed E-state index contributed by atoms with van der Waals surface area (Å²) in [5.74, 6) is 0. The molecule has 2 aromatic carbocycles. The fourth-order valence-electron chi connectivity index (χ4n) is 1.58.